The fourth-order valence-electron chi connectivity index (χ4n) is 1.90. The molecule has 0 amide bonds. The Morgan fingerprint density at radius 2 is 1.89 bits per heavy atom. The summed E-state index contributed by atoms with van der Waals surface area (Å²) in [7, 11) is 1.68. The molecule has 1 aromatic carbocycles. The number of anilines is 1. The normalized spacial score (nSPS) is 10.4. The molecule has 0 aliphatic heterocycles. The van der Waals surface area contributed by atoms with Crippen LogP contribution in [-0.4, -0.2) is 26.9 Å². The highest BCUT2D eigenvalue weighted by atomic mass is 16.5. The van der Waals surface area contributed by atoms with Crippen LogP contribution in [0, 0.1) is 0 Å². The van der Waals surface area contributed by atoms with Gasteiger partial charge < -0.3 is 14.8 Å². The maximum absolute atomic E-state index is 5.58. The Labute approximate surface area is 117 Å². The van der Waals surface area contributed by atoms with Crippen molar-refractivity contribution < 1.29 is 9.47 Å². The molecule has 0 radical (unpaired) electrons. The molecule has 1 rings (SSSR count). The molecule has 0 unspecified atom stereocenters. The van der Waals surface area contributed by atoms with Gasteiger partial charge in [-0.15, -0.1) is 0 Å². The van der Waals surface area contributed by atoms with E-state index in [2.05, 4.69) is 18.3 Å². The van der Waals surface area contributed by atoms with Crippen LogP contribution >= 0.6 is 0 Å². The van der Waals surface area contributed by atoms with Crippen LogP contribution in [0.25, 0.3) is 0 Å². The smallest absolute Gasteiger partial charge is 0.121 e. The Bertz CT molecular complexity index is 328. The lowest BCUT2D eigenvalue weighted by molar-refractivity contribution is 0.146. The van der Waals surface area contributed by atoms with E-state index in [0.29, 0.717) is 13.2 Å². The van der Waals surface area contributed by atoms with Crippen molar-refractivity contribution in [3.05, 3.63) is 24.3 Å². The van der Waals surface area contributed by atoms with Gasteiger partial charge in [0.05, 0.1) is 6.61 Å². The van der Waals surface area contributed by atoms with Gasteiger partial charge in [0, 0.05) is 25.4 Å². The molecule has 0 saturated heterocycles. The van der Waals surface area contributed by atoms with Gasteiger partial charge >= 0.3 is 0 Å². The number of unbranched alkanes of at least 4 members (excludes halogenated alkanes) is 4. The van der Waals surface area contributed by atoms with Gasteiger partial charge in [-0.25, -0.2) is 0 Å². The maximum Gasteiger partial charge on any atom is 0.121 e. The second kappa shape index (κ2) is 10.7. The highest BCUT2D eigenvalue weighted by Gasteiger charge is 1.96. The Morgan fingerprint density at radius 1 is 1.05 bits per heavy atom. The van der Waals surface area contributed by atoms with Crippen LogP contribution in [0.2, 0.25) is 0 Å². The molecule has 0 aliphatic rings. The van der Waals surface area contributed by atoms with Crippen LogP contribution in [0.4, 0.5) is 5.69 Å². The summed E-state index contributed by atoms with van der Waals surface area (Å²) in [6, 6.07) is 8.11. The van der Waals surface area contributed by atoms with Gasteiger partial charge in [0.2, 0.25) is 0 Å². The third kappa shape index (κ3) is 7.73. The molecule has 1 aromatic rings. The zero-order chi connectivity index (χ0) is 13.8. The Kier molecular flexibility index (Phi) is 8.90. The molecule has 0 aromatic heterocycles. The lowest BCUT2D eigenvalue weighted by Gasteiger charge is -2.09. The molecular formula is C16H27NO2. The van der Waals surface area contributed by atoms with Gasteiger partial charge in [-0.1, -0.05) is 38.7 Å². The fourth-order valence-corrected chi connectivity index (χ4v) is 1.90. The number of nitrogens with one attached hydrogen (secondary N) is 1. The Morgan fingerprint density at radius 3 is 2.68 bits per heavy atom. The van der Waals surface area contributed by atoms with Gasteiger partial charge in [0.15, 0.2) is 0 Å². The zero-order valence-corrected chi connectivity index (χ0v) is 12.3. The summed E-state index contributed by atoms with van der Waals surface area (Å²) in [6.45, 7) is 4.49. The van der Waals surface area contributed by atoms with E-state index < -0.39 is 0 Å². The quantitative estimate of drug-likeness (QED) is 0.611. The van der Waals surface area contributed by atoms with Gasteiger partial charge in [-0.2, -0.15) is 0 Å². The van der Waals surface area contributed by atoms with E-state index >= 15 is 0 Å². The molecule has 0 saturated carbocycles. The van der Waals surface area contributed by atoms with E-state index in [-0.39, 0.29) is 0 Å². The molecule has 1 N–H and O–H groups in total. The number of methoxy groups -OCH3 is 1. The lowest BCUT2D eigenvalue weighted by atomic mass is 10.1. The van der Waals surface area contributed by atoms with E-state index in [4.69, 9.17) is 9.47 Å². The number of hydrogen-bond donors (Lipinski definition) is 1. The first-order valence-corrected chi connectivity index (χ1v) is 7.32. The maximum atomic E-state index is 5.58. The Hall–Kier alpha value is -1.22. The van der Waals surface area contributed by atoms with E-state index in [1.54, 1.807) is 7.11 Å². The summed E-state index contributed by atoms with van der Waals surface area (Å²) in [4.78, 5) is 0. The summed E-state index contributed by atoms with van der Waals surface area (Å²) >= 11 is 0. The molecule has 0 fully saturated rings. The van der Waals surface area contributed by atoms with Gasteiger partial charge in [0.25, 0.3) is 0 Å². The van der Waals surface area contributed by atoms with E-state index in [9.17, 15) is 0 Å². The number of rotatable bonds is 11. The second-order valence-electron chi connectivity index (χ2n) is 4.71. The van der Waals surface area contributed by atoms with Crippen molar-refractivity contribution in [2.75, 3.05) is 32.2 Å². The minimum Gasteiger partial charge on any atom is -0.491 e. The molecule has 0 atom stereocenters. The van der Waals surface area contributed by atoms with Crippen LogP contribution in [0.1, 0.15) is 39.0 Å². The number of benzene rings is 1. The van der Waals surface area contributed by atoms with Gasteiger partial charge in [-0.3, -0.25) is 0 Å². The van der Waals surface area contributed by atoms with Crippen LogP contribution in [0.3, 0.4) is 0 Å². The largest absolute Gasteiger partial charge is 0.491 e. The predicted octanol–water partition coefficient (Wildman–Crippen LogP) is 4.09. The molecule has 0 bridgehead atoms. The molecule has 19 heavy (non-hydrogen) atoms. The third-order valence-corrected chi connectivity index (χ3v) is 3.00. The second-order valence-corrected chi connectivity index (χ2v) is 4.71. The lowest BCUT2D eigenvalue weighted by Crippen LogP contribution is -2.05. The van der Waals surface area contributed by atoms with E-state index in [0.717, 1.165) is 18.0 Å². The van der Waals surface area contributed by atoms with Gasteiger partial charge in [-0.05, 0) is 18.6 Å². The van der Waals surface area contributed by atoms with Gasteiger partial charge in [0.1, 0.15) is 12.4 Å². The van der Waals surface area contributed by atoms with E-state index in [1.165, 1.54) is 32.1 Å². The van der Waals surface area contributed by atoms with Crippen molar-refractivity contribution in [2.24, 2.45) is 0 Å². The van der Waals surface area contributed by atoms with Crippen LogP contribution in [0.5, 0.6) is 5.75 Å². The van der Waals surface area contributed by atoms with Crippen LogP contribution in [0.15, 0.2) is 24.3 Å². The topological polar surface area (TPSA) is 30.5 Å². The average molecular weight is 265 g/mol. The molecule has 0 heterocycles. The summed E-state index contributed by atoms with van der Waals surface area (Å²) in [5.41, 5.74) is 1.13. The Balaban J connectivity index is 2.20. The number of ether oxygens (including phenoxy) is 2. The van der Waals surface area contributed by atoms with Crippen LogP contribution in [-0.2, 0) is 4.74 Å². The number of hydrogen-bond acceptors (Lipinski definition) is 3. The van der Waals surface area contributed by atoms with Crippen molar-refractivity contribution in [1.29, 1.82) is 0 Å². The van der Waals surface area contributed by atoms with Crippen molar-refractivity contribution in [3.63, 3.8) is 0 Å². The SMILES string of the molecule is CCCCCCCNc1cccc(OCCOC)c1. The van der Waals surface area contributed by atoms with Crippen molar-refractivity contribution in [2.45, 2.75) is 39.0 Å². The third-order valence-electron chi connectivity index (χ3n) is 3.00. The highest BCUT2D eigenvalue weighted by molar-refractivity contribution is 5.48. The molecule has 0 aliphatic carbocycles. The molecule has 3 heteroatoms. The standard InChI is InChI=1S/C16H27NO2/c1-3-4-5-6-7-11-17-15-9-8-10-16(14-15)19-13-12-18-2/h8-10,14,17H,3-7,11-13H2,1-2H3. The summed E-state index contributed by atoms with van der Waals surface area (Å²) < 4.78 is 10.5. The summed E-state index contributed by atoms with van der Waals surface area (Å²) in [5.74, 6) is 0.896. The summed E-state index contributed by atoms with van der Waals surface area (Å²) in [6.07, 6.45) is 6.54. The average Bonchev–Trinajstić information content (AvgIpc) is 2.43. The van der Waals surface area contributed by atoms with Crippen molar-refractivity contribution >= 4 is 5.69 Å². The molecule has 3 nitrogen and oxygen atoms in total. The van der Waals surface area contributed by atoms with Crippen molar-refractivity contribution in [1.82, 2.24) is 0 Å². The zero-order valence-electron chi connectivity index (χ0n) is 12.3. The first-order chi connectivity index (χ1) is 9.36. The minimum atomic E-state index is 0.594. The minimum absolute atomic E-state index is 0.594. The first kappa shape index (κ1) is 15.8. The first-order valence-electron chi connectivity index (χ1n) is 7.32. The molecule has 108 valence electrons. The molecular weight excluding hydrogens is 238 g/mol. The van der Waals surface area contributed by atoms with Crippen LogP contribution < -0.4 is 10.1 Å². The predicted molar refractivity (Wildman–Crippen MR) is 81.1 cm³/mol. The molecule has 0 spiro atoms. The highest BCUT2D eigenvalue weighted by Crippen LogP contribution is 2.17. The van der Waals surface area contributed by atoms with E-state index in [1.807, 2.05) is 18.2 Å². The summed E-state index contributed by atoms with van der Waals surface area (Å²) in [5, 5.41) is 3.44. The van der Waals surface area contributed by atoms with Crippen molar-refractivity contribution in [3.8, 4) is 5.75 Å². The fraction of sp³-hybridized carbons (Fsp3) is 0.625. The monoisotopic (exact) mass is 265 g/mol.